The van der Waals surface area contributed by atoms with Crippen LogP contribution in [0, 0.1) is 0 Å². The van der Waals surface area contributed by atoms with Crippen molar-refractivity contribution >= 4 is 10.0 Å². The molecule has 0 aliphatic heterocycles. The number of nitrogens with zero attached hydrogens (tertiary/aromatic N) is 2. The van der Waals surface area contributed by atoms with Crippen molar-refractivity contribution in [1.29, 1.82) is 0 Å². The Bertz CT molecular complexity index is 447. The summed E-state index contributed by atoms with van der Waals surface area (Å²) in [4.78, 5) is -1.02. The molecule has 0 atom stereocenters. The van der Waals surface area contributed by atoms with Crippen molar-refractivity contribution in [2.24, 2.45) is 12.2 Å². The fourth-order valence-electron chi connectivity index (χ4n) is 0.871. The van der Waals surface area contributed by atoms with Gasteiger partial charge in [0.2, 0.25) is 10.0 Å². The van der Waals surface area contributed by atoms with Gasteiger partial charge in [0.1, 0.15) is 4.90 Å². The molecule has 0 aromatic carbocycles. The highest BCUT2D eigenvalue weighted by Gasteiger charge is 2.40. The van der Waals surface area contributed by atoms with Crippen molar-refractivity contribution in [3.8, 4) is 0 Å². The summed E-state index contributed by atoms with van der Waals surface area (Å²) < 4.78 is 58.8. The molecule has 0 saturated carbocycles. The van der Waals surface area contributed by atoms with E-state index >= 15 is 0 Å². The van der Waals surface area contributed by atoms with E-state index in [-0.39, 0.29) is 0 Å². The Morgan fingerprint density at radius 2 is 2.00 bits per heavy atom. The summed E-state index contributed by atoms with van der Waals surface area (Å²) in [5.41, 5.74) is -1.50. The first kappa shape index (κ1) is 11.0. The monoisotopic (exact) mass is 229 g/mol. The lowest BCUT2D eigenvalue weighted by atomic mass is 10.4. The second-order valence-electron chi connectivity index (χ2n) is 2.56. The van der Waals surface area contributed by atoms with E-state index in [2.05, 4.69) is 10.2 Å². The van der Waals surface area contributed by atoms with Crippen LogP contribution in [0.2, 0.25) is 0 Å². The highest BCUT2D eigenvalue weighted by Crippen LogP contribution is 2.31. The zero-order chi connectivity index (χ0) is 11.1. The maximum absolute atomic E-state index is 12.2. The molecule has 1 aromatic heterocycles. The molecule has 0 saturated heterocycles. The smallest absolute Gasteiger partial charge is 0.274 e. The zero-order valence-corrected chi connectivity index (χ0v) is 7.72. The number of rotatable bonds is 1. The average molecular weight is 229 g/mol. The minimum Gasteiger partial charge on any atom is -0.274 e. The topological polar surface area (TPSA) is 78.0 Å². The van der Waals surface area contributed by atoms with Gasteiger partial charge in [-0.3, -0.25) is 4.68 Å². The molecule has 0 radical (unpaired) electrons. The molecule has 80 valence electrons. The average Bonchev–Trinajstić information content (AvgIpc) is 2.27. The van der Waals surface area contributed by atoms with Crippen LogP contribution in [0.3, 0.4) is 0 Å². The van der Waals surface area contributed by atoms with Gasteiger partial charge in [-0.05, 0) is 0 Å². The van der Waals surface area contributed by atoms with Crippen molar-refractivity contribution in [3.63, 3.8) is 0 Å². The first-order valence-corrected chi connectivity index (χ1v) is 4.80. The van der Waals surface area contributed by atoms with Crippen molar-refractivity contribution < 1.29 is 21.6 Å². The maximum atomic E-state index is 12.2. The Balaban J connectivity index is 3.46. The third kappa shape index (κ3) is 2.04. The second-order valence-corrected chi connectivity index (χ2v) is 4.09. The van der Waals surface area contributed by atoms with Crippen molar-refractivity contribution in [2.75, 3.05) is 0 Å². The van der Waals surface area contributed by atoms with E-state index in [4.69, 9.17) is 0 Å². The largest absolute Gasteiger partial charge is 0.436 e. The van der Waals surface area contributed by atoms with Gasteiger partial charge < -0.3 is 0 Å². The van der Waals surface area contributed by atoms with E-state index in [0.29, 0.717) is 6.20 Å². The molecule has 0 aliphatic carbocycles. The maximum Gasteiger partial charge on any atom is 0.436 e. The molecule has 1 rings (SSSR count). The third-order valence-corrected chi connectivity index (χ3v) is 2.28. The number of halogens is 3. The summed E-state index contributed by atoms with van der Waals surface area (Å²) in [5.74, 6) is 0. The molecule has 14 heavy (non-hydrogen) atoms. The summed E-state index contributed by atoms with van der Waals surface area (Å²) in [7, 11) is -3.23. The van der Waals surface area contributed by atoms with Gasteiger partial charge in [0.05, 0.1) is 0 Å². The Morgan fingerprint density at radius 1 is 1.50 bits per heavy atom. The van der Waals surface area contributed by atoms with Gasteiger partial charge in [-0.15, -0.1) is 0 Å². The van der Waals surface area contributed by atoms with Gasteiger partial charge in [0.15, 0.2) is 5.69 Å². The quantitative estimate of drug-likeness (QED) is 0.741. The van der Waals surface area contributed by atoms with E-state index in [9.17, 15) is 21.6 Å². The Labute approximate surface area is 77.4 Å². The molecule has 1 heterocycles. The van der Waals surface area contributed by atoms with Gasteiger partial charge in [-0.2, -0.15) is 18.3 Å². The van der Waals surface area contributed by atoms with Gasteiger partial charge in [-0.1, -0.05) is 0 Å². The van der Waals surface area contributed by atoms with Gasteiger partial charge >= 0.3 is 6.18 Å². The molecular weight excluding hydrogens is 223 g/mol. The fourth-order valence-corrected chi connectivity index (χ4v) is 1.60. The number of aromatic nitrogens is 2. The molecule has 2 N–H and O–H groups in total. The summed E-state index contributed by atoms with van der Waals surface area (Å²) in [6, 6.07) is 0. The summed E-state index contributed by atoms with van der Waals surface area (Å²) in [5, 5.41) is 7.57. The number of primary sulfonamides is 1. The Morgan fingerprint density at radius 3 is 2.29 bits per heavy atom. The minimum atomic E-state index is -4.83. The fraction of sp³-hybridized carbons (Fsp3) is 0.400. The van der Waals surface area contributed by atoms with E-state index in [1.165, 1.54) is 7.05 Å². The molecule has 9 heteroatoms. The van der Waals surface area contributed by atoms with Gasteiger partial charge in [0.25, 0.3) is 0 Å². The molecular formula is C5H6F3N3O2S. The highest BCUT2D eigenvalue weighted by molar-refractivity contribution is 7.89. The molecule has 0 fully saturated rings. The number of nitrogens with two attached hydrogens (primary N) is 1. The van der Waals surface area contributed by atoms with Crippen LogP contribution < -0.4 is 5.14 Å². The molecule has 0 spiro atoms. The van der Waals surface area contributed by atoms with E-state index in [1.807, 2.05) is 0 Å². The van der Waals surface area contributed by atoms with Crippen LogP contribution in [0.15, 0.2) is 11.1 Å². The number of aryl methyl sites for hydroxylation is 1. The summed E-state index contributed by atoms with van der Waals surface area (Å²) in [6.45, 7) is 0. The molecule has 0 aliphatic rings. The number of hydrogen-bond donors (Lipinski definition) is 1. The normalized spacial score (nSPS) is 13.2. The van der Waals surface area contributed by atoms with Crippen LogP contribution in [-0.2, 0) is 23.2 Å². The number of hydrogen-bond acceptors (Lipinski definition) is 3. The van der Waals surface area contributed by atoms with E-state index in [0.717, 1.165) is 4.68 Å². The van der Waals surface area contributed by atoms with E-state index < -0.39 is 26.8 Å². The van der Waals surface area contributed by atoms with Crippen molar-refractivity contribution in [1.82, 2.24) is 9.78 Å². The van der Waals surface area contributed by atoms with Gasteiger partial charge in [-0.25, -0.2) is 13.6 Å². The van der Waals surface area contributed by atoms with Crippen molar-refractivity contribution in [3.05, 3.63) is 11.9 Å². The van der Waals surface area contributed by atoms with Crippen LogP contribution in [0.4, 0.5) is 13.2 Å². The van der Waals surface area contributed by atoms with Crippen LogP contribution in [0.5, 0.6) is 0 Å². The first-order valence-electron chi connectivity index (χ1n) is 3.26. The molecule has 1 aromatic rings. The zero-order valence-electron chi connectivity index (χ0n) is 6.91. The number of sulfonamides is 1. The van der Waals surface area contributed by atoms with Gasteiger partial charge in [0, 0.05) is 13.2 Å². The summed E-state index contributed by atoms with van der Waals surface area (Å²) in [6.07, 6.45) is -4.12. The lowest BCUT2D eigenvalue weighted by molar-refractivity contribution is -0.143. The summed E-state index contributed by atoms with van der Waals surface area (Å²) >= 11 is 0. The molecule has 0 bridgehead atoms. The lowest BCUT2D eigenvalue weighted by Crippen LogP contribution is -2.17. The number of alkyl halides is 3. The van der Waals surface area contributed by atoms with Crippen molar-refractivity contribution in [2.45, 2.75) is 11.1 Å². The Kier molecular flexibility index (Phi) is 2.32. The second kappa shape index (κ2) is 2.95. The standard InChI is InChI=1S/C5H6F3N3O2S/c1-11-2-3(14(9,12)13)4(10-11)5(6,7)8/h2H,1H3,(H2,9,12,13). The van der Waals surface area contributed by atoms with E-state index in [1.54, 1.807) is 0 Å². The third-order valence-electron chi connectivity index (χ3n) is 1.37. The SMILES string of the molecule is Cn1cc(S(N)(=O)=O)c(C(F)(F)F)n1. The Hall–Kier alpha value is -1.09. The molecule has 5 nitrogen and oxygen atoms in total. The van der Waals surface area contributed by atoms with Crippen LogP contribution in [-0.4, -0.2) is 18.2 Å². The van der Waals surface area contributed by atoms with Crippen LogP contribution >= 0.6 is 0 Å². The highest BCUT2D eigenvalue weighted by atomic mass is 32.2. The molecule has 0 amide bonds. The predicted octanol–water partition coefficient (Wildman–Crippen LogP) is 0.0863. The van der Waals surface area contributed by atoms with Crippen LogP contribution in [0.1, 0.15) is 5.69 Å². The predicted molar refractivity (Wildman–Crippen MR) is 39.6 cm³/mol. The minimum absolute atomic E-state index is 0.707. The van der Waals surface area contributed by atoms with Crippen LogP contribution in [0.25, 0.3) is 0 Å². The molecule has 0 unspecified atom stereocenters. The first-order chi connectivity index (χ1) is 6.12. The lowest BCUT2D eigenvalue weighted by Gasteiger charge is -2.03.